The lowest BCUT2D eigenvalue weighted by Gasteiger charge is -2.17. The lowest BCUT2D eigenvalue weighted by molar-refractivity contribution is 0.00710. The van der Waals surface area contributed by atoms with E-state index in [4.69, 9.17) is 0 Å². The molecule has 0 bridgehead atoms. The highest BCUT2D eigenvalue weighted by molar-refractivity contribution is 4.67. The molecule has 2 heteroatoms. The molecule has 0 aromatic rings. The zero-order valence-electron chi connectivity index (χ0n) is 11.9. The fourth-order valence-corrected chi connectivity index (χ4v) is 2.86. The first kappa shape index (κ1) is 16.0. The number of hydrogen-bond acceptors (Lipinski definition) is 2. The third-order valence-corrected chi connectivity index (χ3v) is 4.19. The molecule has 18 heavy (non-hydrogen) atoms. The average molecular weight is 256 g/mol. The smallest absolute Gasteiger partial charge is 0.0799 e. The summed E-state index contributed by atoms with van der Waals surface area (Å²) in [6.45, 7) is 0. The Morgan fingerprint density at radius 1 is 0.389 bits per heavy atom. The molecule has 0 saturated heterocycles. The van der Waals surface area contributed by atoms with Crippen LogP contribution in [-0.2, 0) is 0 Å². The molecule has 1 aliphatic carbocycles. The van der Waals surface area contributed by atoms with Gasteiger partial charge in [0.15, 0.2) is 0 Å². The van der Waals surface area contributed by atoms with Crippen molar-refractivity contribution in [3.05, 3.63) is 0 Å². The van der Waals surface area contributed by atoms with Gasteiger partial charge in [-0.05, 0) is 12.8 Å². The third-order valence-electron chi connectivity index (χ3n) is 4.19. The van der Waals surface area contributed by atoms with E-state index in [-0.39, 0.29) is 0 Å². The van der Waals surface area contributed by atoms with Gasteiger partial charge < -0.3 is 10.2 Å². The van der Waals surface area contributed by atoms with Gasteiger partial charge in [0.1, 0.15) is 0 Å². The van der Waals surface area contributed by atoms with E-state index >= 15 is 0 Å². The van der Waals surface area contributed by atoms with Crippen LogP contribution in [0, 0.1) is 0 Å². The van der Waals surface area contributed by atoms with Crippen LogP contribution < -0.4 is 0 Å². The van der Waals surface area contributed by atoms with Gasteiger partial charge in [-0.1, -0.05) is 77.0 Å². The van der Waals surface area contributed by atoms with Crippen molar-refractivity contribution in [2.45, 2.75) is 102 Å². The topological polar surface area (TPSA) is 40.5 Å². The Kier molecular flexibility index (Phi) is 9.59. The van der Waals surface area contributed by atoms with Crippen LogP contribution >= 0.6 is 0 Å². The summed E-state index contributed by atoms with van der Waals surface area (Å²) in [5.41, 5.74) is 0. The van der Waals surface area contributed by atoms with Crippen LogP contribution in [0.4, 0.5) is 0 Å². The number of rotatable bonds is 0. The van der Waals surface area contributed by atoms with Gasteiger partial charge >= 0.3 is 0 Å². The molecule has 2 unspecified atom stereocenters. The minimum absolute atomic E-state index is 0.488. The van der Waals surface area contributed by atoms with E-state index < -0.39 is 12.2 Å². The first-order chi connectivity index (χ1) is 8.80. The van der Waals surface area contributed by atoms with Gasteiger partial charge in [-0.25, -0.2) is 0 Å². The maximum Gasteiger partial charge on any atom is 0.0799 e. The van der Waals surface area contributed by atoms with E-state index in [1.165, 1.54) is 64.2 Å². The molecule has 1 saturated carbocycles. The largest absolute Gasteiger partial charge is 0.390 e. The summed E-state index contributed by atoms with van der Waals surface area (Å²) < 4.78 is 0. The van der Waals surface area contributed by atoms with Crippen LogP contribution in [0.15, 0.2) is 0 Å². The normalized spacial score (nSPS) is 31.0. The molecule has 2 atom stereocenters. The average Bonchev–Trinajstić information content (AvgIpc) is 2.37. The Labute approximate surface area is 113 Å². The summed E-state index contributed by atoms with van der Waals surface area (Å²) in [7, 11) is 0. The maximum absolute atomic E-state index is 9.84. The summed E-state index contributed by atoms with van der Waals surface area (Å²) in [5, 5.41) is 19.7. The van der Waals surface area contributed by atoms with E-state index in [0.717, 1.165) is 25.7 Å². The summed E-state index contributed by atoms with van der Waals surface area (Å²) in [6, 6.07) is 0. The highest BCUT2D eigenvalue weighted by Crippen LogP contribution is 2.17. The van der Waals surface area contributed by atoms with E-state index in [1.807, 2.05) is 0 Å². The quantitative estimate of drug-likeness (QED) is 0.682. The number of hydrogen-bond donors (Lipinski definition) is 2. The van der Waals surface area contributed by atoms with Gasteiger partial charge in [-0.3, -0.25) is 0 Å². The van der Waals surface area contributed by atoms with Gasteiger partial charge in [-0.15, -0.1) is 0 Å². The zero-order chi connectivity index (χ0) is 13.1. The van der Waals surface area contributed by atoms with Gasteiger partial charge in [0.2, 0.25) is 0 Å². The fourth-order valence-electron chi connectivity index (χ4n) is 2.86. The van der Waals surface area contributed by atoms with Crippen molar-refractivity contribution in [1.82, 2.24) is 0 Å². The van der Waals surface area contributed by atoms with Crippen LogP contribution in [0.25, 0.3) is 0 Å². The van der Waals surface area contributed by atoms with Crippen molar-refractivity contribution in [3.8, 4) is 0 Å². The molecule has 0 amide bonds. The Morgan fingerprint density at radius 2 is 0.611 bits per heavy atom. The molecule has 2 nitrogen and oxygen atoms in total. The maximum atomic E-state index is 9.84. The molecule has 0 aliphatic heterocycles. The standard InChI is InChI=1S/C16H32O2/c17-15-13-11-9-7-5-3-1-2-4-6-8-10-12-14-16(15)18/h15-18H,1-14H2. The first-order valence-corrected chi connectivity index (χ1v) is 8.17. The highest BCUT2D eigenvalue weighted by Gasteiger charge is 2.15. The van der Waals surface area contributed by atoms with Crippen molar-refractivity contribution >= 4 is 0 Å². The van der Waals surface area contributed by atoms with E-state index in [0.29, 0.717) is 0 Å². The number of aliphatic hydroxyl groups is 2. The van der Waals surface area contributed by atoms with Gasteiger partial charge in [0.05, 0.1) is 12.2 Å². The summed E-state index contributed by atoms with van der Waals surface area (Å²) in [5.74, 6) is 0. The monoisotopic (exact) mass is 256 g/mol. The minimum Gasteiger partial charge on any atom is -0.390 e. The minimum atomic E-state index is -0.488. The fraction of sp³-hybridized carbons (Fsp3) is 1.00. The second-order valence-corrected chi connectivity index (χ2v) is 5.95. The van der Waals surface area contributed by atoms with Crippen molar-refractivity contribution in [2.75, 3.05) is 0 Å². The Morgan fingerprint density at radius 3 is 0.889 bits per heavy atom. The molecule has 0 heterocycles. The molecule has 0 aromatic heterocycles. The molecule has 1 aliphatic rings. The molecule has 0 aromatic carbocycles. The van der Waals surface area contributed by atoms with Crippen molar-refractivity contribution < 1.29 is 10.2 Å². The Balaban J connectivity index is 2.19. The van der Waals surface area contributed by atoms with Crippen LogP contribution in [0.5, 0.6) is 0 Å². The van der Waals surface area contributed by atoms with Gasteiger partial charge in [0.25, 0.3) is 0 Å². The van der Waals surface area contributed by atoms with Crippen LogP contribution in [0.1, 0.15) is 89.9 Å². The van der Waals surface area contributed by atoms with Gasteiger partial charge in [0, 0.05) is 0 Å². The summed E-state index contributed by atoms with van der Waals surface area (Å²) in [4.78, 5) is 0. The zero-order valence-corrected chi connectivity index (χ0v) is 11.9. The van der Waals surface area contributed by atoms with E-state index in [2.05, 4.69) is 0 Å². The van der Waals surface area contributed by atoms with Crippen LogP contribution in [0.2, 0.25) is 0 Å². The summed E-state index contributed by atoms with van der Waals surface area (Å²) >= 11 is 0. The highest BCUT2D eigenvalue weighted by atomic mass is 16.3. The second kappa shape index (κ2) is 10.8. The molecule has 1 fully saturated rings. The molecular weight excluding hydrogens is 224 g/mol. The first-order valence-electron chi connectivity index (χ1n) is 8.17. The lowest BCUT2D eigenvalue weighted by Crippen LogP contribution is -2.25. The molecular formula is C16H32O2. The second-order valence-electron chi connectivity index (χ2n) is 5.95. The molecule has 2 N–H and O–H groups in total. The summed E-state index contributed by atoms with van der Waals surface area (Å²) in [6.07, 6.45) is 16.0. The molecule has 0 spiro atoms. The molecule has 108 valence electrons. The molecule has 1 rings (SSSR count). The molecule has 0 radical (unpaired) electrons. The predicted molar refractivity (Wildman–Crippen MR) is 76.7 cm³/mol. The Hall–Kier alpha value is -0.0800. The lowest BCUT2D eigenvalue weighted by atomic mass is 9.98. The number of aliphatic hydroxyl groups excluding tert-OH is 2. The van der Waals surface area contributed by atoms with Crippen LogP contribution in [-0.4, -0.2) is 22.4 Å². The van der Waals surface area contributed by atoms with E-state index in [1.54, 1.807) is 0 Å². The van der Waals surface area contributed by atoms with Crippen molar-refractivity contribution in [1.29, 1.82) is 0 Å². The predicted octanol–water partition coefficient (Wildman–Crippen LogP) is 4.18. The Bertz CT molecular complexity index is 162. The van der Waals surface area contributed by atoms with Crippen molar-refractivity contribution in [2.24, 2.45) is 0 Å². The van der Waals surface area contributed by atoms with E-state index in [9.17, 15) is 10.2 Å². The van der Waals surface area contributed by atoms with Crippen LogP contribution in [0.3, 0.4) is 0 Å². The van der Waals surface area contributed by atoms with Crippen molar-refractivity contribution in [3.63, 3.8) is 0 Å². The third kappa shape index (κ3) is 8.10. The SMILES string of the molecule is OC1CCCCCCCCCCCCCCC1O. The van der Waals surface area contributed by atoms with Gasteiger partial charge in [-0.2, -0.15) is 0 Å².